The van der Waals surface area contributed by atoms with Crippen molar-refractivity contribution in [1.29, 1.82) is 0 Å². The molecule has 162 valence electrons. The summed E-state index contributed by atoms with van der Waals surface area (Å²) in [6, 6.07) is 7.39. The highest BCUT2D eigenvalue weighted by Gasteiger charge is 2.41. The average Bonchev–Trinajstić information content (AvgIpc) is 3.46. The zero-order valence-corrected chi connectivity index (χ0v) is 18.3. The number of methoxy groups -OCH3 is 1. The van der Waals surface area contributed by atoms with Crippen molar-refractivity contribution in [3.63, 3.8) is 0 Å². The van der Waals surface area contributed by atoms with Crippen LogP contribution in [0.1, 0.15) is 62.2 Å². The summed E-state index contributed by atoms with van der Waals surface area (Å²) in [5, 5.41) is 1.02. The van der Waals surface area contributed by atoms with Gasteiger partial charge in [0.2, 0.25) is 0 Å². The number of carbonyl (C=O) groups is 1. The molecular weight excluding hydrogens is 376 g/mol. The standard InChI is InChI=1S/C25H34N2O3/c1-17(28)24-15-26(25-14-21(29-2)8-9-23(24)25)10-3-11-27-19-6-7-20(27)13-22(12-19)30-16-18-4-5-18/h8-9,14-15,18-20,22H,3-7,10-13,16H2,1-2H3. The molecule has 2 unspecified atom stereocenters. The van der Waals surface area contributed by atoms with Gasteiger partial charge >= 0.3 is 0 Å². The fraction of sp³-hybridized carbons (Fsp3) is 0.640. The van der Waals surface area contributed by atoms with E-state index in [1.165, 1.54) is 38.5 Å². The predicted octanol–water partition coefficient (Wildman–Crippen LogP) is 4.66. The van der Waals surface area contributed by atoms with E-state index in [2.05, 4.69) is 9.47 Å². The van der Waals surface area contributed by atoms with Crippen LogP contribution in [-0.2, 0) is 11.3 Å². The summed E-state index contributed by atoms with van der Waals surface area (Å²) in [5.74, 6) is 1.81. The summed E-state index contributed by atoms with van der Waals surface area (Å²) in [4.78, 5) is 14.9. The largest absolute Gasteiger partial charge is 0.497 e. The Morgan fingerprint density at radius 3 is 2.53 bits per heavy atom. The molecule has 2 bridgehead atoms. The Balaban J connectivity index is 1.22. The number of aryl methyl sites for hydroxylation is 1. The first-order chi connectivity index (χ1) is 14.6. The molecule has 5 heteroatoms. The Hall–Kier alpha value is -1.85. The lowest BCUT2D eigenvalue weighted by Crippen LogP contribution is -2.46. The van der Waals surface area contributed by atoms with Crippen molar-refractivity contribution in [2.24, 2.45) is 5.92 Å². The van der Waals surface area contributed by atoms with Gasteiger partial charge in [-0.2, -0.15) is 0 Å². The summed E-state index contributed by atoms with van der Waals surface area (Å²) in [6.07, 6.45) is 11.4. The van der Waals surface area contributed by atoms with Gasteiger partial charge in [-0.25, -0.2) is 0 Å². The molecule has 1 aromatic heterocycles. The van der Waals surface area contributed by atoms with E-state index in [9.17, 15) is 4.79 Å². The van der Waals surface area contributed by atoms with Crippen LogP contribution >= 0.6 is 0 Å². The van der Waals surface area contributed by atoms with Gasteiger partial charge in [-0.15, -0.1) is 0 Å². The number of benzene rings is 1. The fourth-order valence-corrected chi connectivity index (χ4v) is 5.57. The van der Waals surface area contributed by atoms with Crippen LogP contribution in [0.3, 0.4) is 0 Å². The van der Waals surface area contributed by atoms with Gasteiger partial charge in [-0.1, -0.05) is 0 Å². The quantitative estimate of drug-likeness (QED) is 0.564. The summed E-state index contributed by atoms with van der Waals surface area (Å²) in [6.45, 7) is 4.70. The number of piperidine rings is 1. The first-order valence-corrected chi connectivity index (χ1v) is 11.7. The molecule has 0 amide bonds. The molecule has 2 aliphatic heterocycles. The first kappa shape index (κ1) is 20.1. The molecule has 1 aromatic carbocycles. The van der Waals surface area contributed by atoms with Crippen molar-refractivity contribution < 1.29 is 14.3 Å². The van der Waals surface area contributed by atoms with Gasteiger partial charge in [0.25, 0.3) is 0 Å². The van der Waals surface area contributed by atoms with Crippen molar-refractivity contribution in [2.45, 2.75) is 76.6 Å². The SMILES string of the molecule is COc1ccc2c(C(C)=O)cn(CCCN3C4CCC3CC(OCC3CC3)C4)c2c1. The van der Waals surface area contributed by atoms with E-state index < -0.39 is 0 Å². The topological polar surface area (TPSA) is 43.7 Å². The van der Waals surface area contributed by atoms with Gasteiger partial charge in [-0.05, 0) is 69.9 Å². The van der Waals surface area contributed by atoms with Crippen molar-refractivity contribution in [1.82, 2.24) is 9.47 Å². The second-order valence-electron chi connectivity index (χ2n) is 9.52. The van der Waals surface area contributed by atoms with E-state index in [-0.39, 0.29) is 5.78 Å². The smallest absolute Gasteiger partial charge is 0.161 e. The van der Waals surface area contributed by atoms with Crippen LogP contribution in [0.2, 0.25) is 0 Å². The molecule has 3 heterocycles. The van der Waals surface area contributed by atoms with Crippen LogP contribution < -0.4 is 4.74 Å². The monoisotopic (exact) mass is 410 g/mol. The summed E-state index contributed by atoms with van der Waals surface area (Å²) < 4.78 is 13.9. The van der Waals surface area contributed by atoms with Crippen LogP contribution in [0.4, 0.5) is 0 Å². The normalized spacial score (nSPS) is 26.4. The number of nitrogens with zero attached hydrogens (tertiary/aromatic N) is 2. The molecule has 5 nitrogen and oxygen atoms in total. The maximum Gasteiger partial charge on any atom is 0.161 e. The highest BCUT2D eigenvalue weighted by molar-refractivity contribution is 6.07. The number of aromatic nitrogens is 1. The highest BCUT2D eigenvalue weighted by atomic mass is 16.5. The number of carbonyl (C=O) groups excluding carboxylic acids is 1. The predicted molar refractivity (Wildman–Crippen MR) is 118 cm³/mol. The molecule has 30 heavy (non-hydrogen) atoms. The third-order valence-electron chi connectivity index (χ3n) is 7.39. The Bertz CT molecular complexity index is 902. The molecular formula is C25H34N2O3. The van der Waals surface area contributed by atoms with Crippen LogP contribution in [0, 0.1) is 5.92 Å². The van der Waals surface area contributed by atoms with Crippen LogP contribution in [0.5, 0.6) is 5.75 Å². The lowest BCUT2D eigenvalue weighted by molar-refractivity contribution is -0.0241. The number of fused-ring (bicyclic) bond motifs is 3. The summed E-state index contributed by atoms with van der Waals surface area (Å²) in [5.41, 5.74) is 1.90. The van der Waals surface area contributed by atoms with Gasteiger partial charge in [0.05, 0.1) is 18.7 Å². The molecule has 1 aliphatic carbocycles. The highest BCUT2D eigenvalue weighted by Crippen LogP contribution is 2.38. The number of ketones is 1. The van der Waals surface area contributed by atoms with Gasteiger partial charge in [0.15, 0.2) is 5.78 Å². The maximum atomic E-state index is 12.1. The van der Waals surface area contributed by atoms with Crippen molar-refractivity contribution >= 4 is 16.7 Å². The van der Waals surface area contributed by atoms with E-state index in [0.29, 0.717) is 18.2 Å². The molecule has 1 saturated carbocycles. The zero-order chi connectivity index (χ0) is 20.7. The molecule has 3 fully saturated rings. The van der Waals surface area contributed by atoms with E-state index in [1.807, 2.05) is 24.4 Å². The summed E-state index contributed by atoms with van der Waals surface area (Å²) in [7, 11) is 1.69. The minimum absolute atomic E-state index is 0.121. The van der Waals surface area contributed by atoms with E-state index >= 15 is 0 Å². The maximum absolute atomic E-state index is 12.1. The number of rotatable bonds is 9. The third-order valence-corrected chi connectivity index (χ3v) is 7.39. The number of hydrogen-bond acceptors (Lipinski definition) is 4. The van der Waals surface area contributed by atoms with Crippen molar-refractivity contribution in [3.8, 4) is 5.75 Å². The van der Waals surface area contributed by atoms with Crippen LogP contribution in [-0.4, -0.2) is 53.7 Å². The number of hydrogen-bond donors (Lipinski definition) is 0. The van der Waals surface area contributed by atoms with Gasteiger partial charge in [-0.3, -0.25) is 9.69 Å². The fourth-order valence-electron chi connectivity index (χ4n) is 5.57. The Kier molecular flexibility index (Phi) is 5.59. The first-order valence-electron chi connectivity index (χ1n) is 11.7. The van der Waals surface area contributed by atoms with Gasteiger partial charge < -0.3 is 14.0 Å². The second-order valence-corrected chi connectivity index (χ2v) is 9.52. The molecule has 0 N–H and O–H groups in total. The molecule has 3 aliphatic rings. The molecule has 2 saturated heterocycles. The van der Waals surface area contributed by atoms with Gasteiger partial charge in [0.1, 0.15) is 5.75 Å². The lowest BCUT2D eigenvalue weighted by Gasteiger charge is -2.39. The molecule has 2 aromatic rings. The van der Waals surface area contributed by atoms with Crippen LogP contribution in [0.15, 0.2) is 24.4 Å². The van der Waals surface area contributed by atoms with Gasteiger partial charge in [0, 0.05) is 55.0 Å². The molecule has 5 rings (SSSR count). The summed E-state index contributed by atoms with van der Waals surface area (Å²) >= 11 is 0. The van der Waals surface area contributed by atoms with Crippen LogP contribution in [0.25, 0.3) is 10.9 Å². The van der Waals surface area contributed by atoms with E-state index in [0.717, 1.165) is 54.3 Å². The third kappa shape index (κ3) is 4.02. The van der Waals surface area contributed by atoms with E-state index in [4.69, 9.17) is 9.47 Å². The average molecular weight is 411 g/mol. The zero-order valence-electron chi connectivity index (χ0n) is 18.3. The molecule has 0 radical (unpaired) electrons. The number of Topliss-reactive ketones (excluding diaryl/α,β-unsaturated/α-hetero) is 1. The van der Waals surface area contributed by atoms with E-state index in [1.54, 1.807) is 14.0 Å². The Labute approximate surface area is 179 Å². The van der Waals surface area contributed by atoms with Crippen molar-refractivity contribution in [3.05, 3.63) is 30.0 Å². The number of ether oxygens (including phenoxy) is 2. The minimum atomic E-state index is 0.121. The molecule has 2 atom stereocenters. The molecule has 0 spiro atoms. The Morgan fingerprint density at radius 2 is 1.87 bits per heavy atom. The minimum Gasteiger partial charge on any atom is -0.497 e. The lowest BCUT2D eigenvalue weighted by atomic mass is 9.99. The Morgan fingerprint density at radius 1 is 1.10 bits per heavy atom. The second kappa shape index (κ2) is 8.35. The van der Waals surface area contributed by atoms with Crippen molar-refractivity contribution in [2.75, 3.05) is 20.3 Å².